The number of likely N-dealkylation sites (tertiary alicyclic amines) is 2. The summed E-state index contributed by atoms with van der Waals surface area (Å²) in [4.78, 5) is 16.2. The molecule has 2 aliphatic rings. The zero-order valence-corrected chi connectivity index (χ0v) is 23.1. The van der Waals surface area contributed by atoms with Crippen LogP contribution in [0.3, 0.4) is 0 Å². The first-order chi connectivity index (χ1) is 19.2. The van der Waals surface area contributed by atoms with Crippen molar-refractivity contribution < 1.29 is 27.2 Å². The van der Waals surface area contributed by atoms with Gasteiger partial charge in [-0.1, -0.05) is 24.3 Å². The molecule has 5 rings (SSSR count). The Morgan fingerprint density at radius 1 is 0.950 bits per heavy atom. The number of hydrogen-bond donors (Lipinski definition) is 1. The number of amides is 2. The Kier molecular flexibility index (Phi) is 8.47. The molecule has 1 atom stereocenters. The third kappa shape index (κ3) is 6.18. The molecule has 1 N–H and O–H groups in total. The van der Waals surface area contributed by atoms with Crippen LogP contribution in [0.1, 0.15) is 54.7 Å². The number of halogens is 3. The zero-order chi connectivity index (χ0) is 28.3. The van der Waals surface area contributed by atoms with Gasteiger partial charge in [0.15, 0.2) is 23.2 Å². The molecule has 212 valence electrons. The van der Waals surface area contributed by atoms with Crippen LogP contribution in [0.5, 0.6) is 11.5 Å². The van der Waals surface area contributed by atoms with Crippen LogP contribution in [0.25, 0.3) is 0 Å². The first kappa shape index (κ1) is 28.2. The van der Waals surface area contributed by atoms with Gasteiger partial charge in [0.05, 0.1) is 19.3 Å². The highest BCUT2D eigenvalue weighted by Gasteiger charge is 2.43. The van der Waals surface area contributed by atoms with E-state index < -0.39 is 17.5 Å². The van der Waals surface area contributed by atoms with Gasteiger partial charge in [-0.2, -0.15) is 0 Å². The van der Waals surface area contributed by atoms with Crippen molar-refractivity contribution in [2.45, 2.75) is 57.7 Å². The third-order valence-corrected chi connectivity index (χ3v) is 8.54. The molecule has 0 bridgehead atoms. The first-order valence-electron chi connectivity index (χ1n) is 14.1. The molecule has 5 nitrogen and oxygen atoms in total. The summed E-state index contributed by atoms with van der Waals surface area (Å²) < 4.78 is 46.7. The summed E-state index contributed by atoms with van der Waals surface area (Å²) in [6.07, 6.45) is 5.05. The average molecular weight is 553 g/mol. The molecule has 0 aromatic heterocycles. The summed E-state index contributed by atoms with van der Waals surface area (Å²) in [6.45, 7) is 5.08. The van der Waals surface area contributed by atoms with Crippen LogP contribution in [-0.4, -0.2) is 48.3 Å². The van der Waals surface area contributed by atoms with Crippen molar-refractivity contribution in [1.82, 2.24) is 10.2 Å². The van der Waals surface area contributed by atoms with Crippen molar-refractivity contribution in [2.24, 2.45) is 0 Å². The SMILES string of the molecule is Cc1ccccc1C1CC[N+](Cc2ccc(Oc3cc(F)c(F)cc3F)cc2)(C(=O)NC2CCCCN2C)CC1. The Hall–Kier alpha value is -3.36. The van der Waals surface area contributed by atoms with Crippen molar-refractivity contribution in [3.8, 4) is 11.5 Å². The van der Waals surface area contributed by atoms with Crippen LogP contribution < -0.4 is 10.1 Å². The highest BCUT2D eigenvalue weighted by atomic mass is 19.2. The van der Waals surface area contributed by atoms with E-state index in [0.29, 0.717) is 34.8 Å². The molecular weight excluding hydrogens is 515 g/mol. The number of carbonyl (C=O) groups is 1. The van der Waals surface area contributed by atoms with E-state index in [0.717, 1.165) is 57.3 Å². The predicted molar refractivity (Wildman–Crippen MR) is 148 cm³/mol. The van der Waals surface area contributed by atoms with Gasteiger partial charge in [-0.25, -0.2) is 22.4 Å². The molecule has 2 amide bonds. The lowest BCUT2D eigenvalue weighted by molar-refractivity contribution is -0.869. The Bertz CT molecular complexity index is 1340. The molecule has 40 heavy (non-hydrogen) atoms. The highest BCUT2D eigenvalue weighted by Crippen LogP contribution is 2.35. The number of hydrogen-bond acceptors (Lipinski definition) is 3. The molecule has 3 aromatic carbocycles. The van der Waals surface area contributed by atoms with E-state index in [1.807, 2.05) is 12.1 Å². The van der Waals surface area contributed by atoms with Crippen LogP contribution >= 0.6 is 0 Å². The number of quaternary nitrogens is 1. The van der Waals surface area contributed by atoms with Gasteiger partial charge in [0.1, 0.15) is 12.3 Å². The monoisotopic (exact) mass is 552 g/mol. The second-order valence-electron chi connectivity index (χ2n) is 11.3. The van der Waals surface area contributed by atoms with Crippen molar-refractivity contribution >= 4 is 6.03 Å². The largest absolute Gasteiger partial charge is 0.454 e. The van der Waals surface area contributed by atoms with Crippen LogP contribution in [0.15, 0.2) is 60.7 Å². The van der Waals surface area contributed by atoms with Gasteiger partial charge in [0.2, 0.25) is 0 Å². The number of urea groups is 1. The van der Waals surface area contributed by atoms with Gasteiger partial charge in [-0.3, -0.25) is 10.2 Å². The van der Waals surface area contributed by atoms with Crippen molar-refractivity contribution in [2.75, 3.05) is 26.7 Å². The molecule has 0 saturated carbocycles. The van der Waals surface area contributed by atoms with E-state index in [9.17, 15) is 18.0 Å². The Balaban J connectivity index is 1.34. The number of benzene rings is 3. The fourth-order valence-corrected chi connectivity index (χ4v) is 6.11. The van der Waals surface area contributed by atoms with Gasteiger partial charge in [0, 0.05) is 30.5 Å². The molecular formula is C32H37F3N3O2+. The third-order valence-electron chi connectivity index (χ3n) is 8.54. The molecule has 8 heteroatoms. The minimum absolute atomic E-state index is 0.0344. The first-order valence-corrected chi connectivity index (χ1v) is 14.1. The van der Waals surface area contributed by atoms with Gasteiger partial charge in [-0.15, -0.1) is 0 Å². The van der Waals surface area contributed by atoms with Crippen molar-refractivity contribution in [3.63, 3.8) is 0 Å². The topological polar surface area (TPSA) is 41.6 Å². The summed E-state index contributed by atoms with van der Waals surface area (Å²) in [5.41, 5.74) is 3.59. The predicted octanol–water partition coefficient (Wildman–Crippen LogP) is 7.25. The summed E-state index contributed by atoms with van der Waals surface area (Å²) in [6, 6.07) is 16.7. The van der Waals surface area contributed by atoms with Crippen LogP contribution in [0.2, 0.25) is 0 Å². The lowest BCUT2D eigenvalue weighted by atomic mass is 9.85. The van der Waals surface area contributed by atoms with E-state index in [1.165, 1.54) is 11.1 Å². The standard InChI is InChI=1S/C32H36F3N3O2/c1-22-7-3-4-8-26(22)24-14-17-38(18-15-24,32(39)36-31-9-5-6-16-37(31)2)21-23-10-12-25(13-11-23)40-30-20-28(34)27(33)19-29(30)35/h3-4,7-8,10-13,19-20,24,31H,5-6,9,14-18,21H2,1-2H3/p+1. The van der Waals surface area contributed by atoms with E-state index in [1.54, 1.807) is 12.1 Å². The minimum Gasteiger partial charge on any atom is -0.454 e. The molecule has 0 radical (unpaired) electrons. The Labute approximate surface area is 234 Å². The molecule has 2 saturated heterocycles. The molecule has 2 fully saturated rings. The molecule has 0 aliphatic carbocycles. The quantitative estimate of drug-likeness (QED) is 0.259. The number of piperidine rings is 2. The smallest absolute Gasteiger partial charge is 0.418 e. The normalized spacial score (nSPS) is 23.5. The van der Waals surface area contributed by atoms with E-state index in [2.05, 4.69) is 48.5 Å². The lowest BCUT2D eigenvalue weighted by Crippen LogP contribution is -2.63. The second kappa shape index (κ2) is 12.0. The minimum atomic E-state index is -1.27. The number of ether oxygens (including phenoxy) is 1. The number of rotatable bonds is 6. The zero-order valence-electron chi connectivity index (χ0n) is 23.1. The number of nitrogens with one attached hydrogen (secondary N) is 1. The maximum atomic E-state index is 14.1. The van der Waals surface area contributed by atoms with Gasteiger partial charge < -0.3 is 4.74 Å². The van der Waals surface area contributed by atoms with E-state index in [4.69, 9.17) is 4.74 Å². The number of carbonyl (C=O) groups excluding carboxylic acids is 1. The van der Waals surface area contributed by atoms with Crippen molar-refractivity contribution in [1.29, 1.82) is 0 Å². The maximum Gasteiger partial charge on any atom is 0.418 e. The molecule has 1 unspecified atom stereocenters. The van der Waals surface area contributed by atoms with Gasteiger partial charge >= 0.3 is 6.03 Å². The average Bonchev–Trinajstić information content (AvgIpc) is 2.95. The second-order valence-corrected chi connectivity index (χ2v) is 11.3. The van der Waals surface area contributed by atoms with Crippen LogP contribution in [-0.2, 0) is 6.54 Å². The fraction of sp³-hybridized carbons (Fsp3) is 0.406. The van der Waals surface area contributed by atoms with Crippen molar-refractivity contribution in [3.05, 3.63) is 94.8 Å². The van der Waals surface area contributed by atoms with Gasteiger partial charge in [0.25, 0.3) is 0 Å². The Morgan fingerprint density at radius 3 is 2.35 bits per heavy atom. The van der Waals surface area contributed by atoms with Crippen LogP contribution in [0, 0.1) is 24.4 Å². The number of aryl methyl sites for hydroxylation is 1. The highest BCUT2D eigenvalue weighted by molar-refractivity contribution is 5.67. The summed E-state index contributed by atoms with van der Waals surface area (Å²) in [5, 5.41) is 3.35. The summed E-state index contributed by atoms with van der Waals surface area (Å²) >= 11 is 0. The lowest BCUT2D eigenvalue weighted by Gasteiger charge is -2.43. The van der Waals surface area contributed by atoms with E-state index in [-0.39, 0.29) is 17.9 Å². The van der Waals surface area contributed by atoms with E-state index >= 15 is 0 Å². The maximum absolute atomic E-state index is 14.1. The summed E-state index contributed by atoms with van der Waals surface area (Å²) in [5.74, 6) is -3.09. The summed E-state index contributed by atoms with van der Waals surface area (Å²) in [7, 11) is 2.06. The van der Waals surface area contributed by atoms with Gasteiger partial charge in [-0.05, 0) is 81.1 Å². The fourth-order valence-electron chi connectivity index (χ4n) is 6.11. The molecule has 3 aromatic rings. The Morgan fingerprint density at radius 2 is 1.65 bits per heavy atom. The van der Waals surface area contributed by atoms with Crippen LogP contribution in [0.4, 0.5) is 18.0 Å². The number of nitrogens with zero attached hydrogens (tertiary/aromatic N) is 2. The molecule has 2 heterocycles. The molecule has 0 spiro atoms. The molecule has 2 aliphatic heterocycles.